The molecule has 3 aromatic rings. The Morgan fingerprint density at radius 2 is 1.84 bits per heavy atom. The zero-order valence-electron chi connectivity index (χ0n) is 17.9. The zero-order valence-corrected chi connectivity index (χ0v) is 18.7. The van der Waals surface area contributed by atoms with Crippen molar-refractivity contribution in [3.05, 3.63) is 59.1 Å². The minimum Gasteiger partial charge on any atom is -0.349 e. The fourth-order valence-corrected chi connectivity index (χ4v) is 5.02. The van der Waals surface area contributed by atoms with Gasteiger partial charge in [0, 0.05) is 6.04 Å². The molecule has 1 aliphatic rings. The van der Waals surface area contributed by atoms with E-state index < -0.39 is 0 Å². The Hall–Kier alpha value is -2.77. The Balaban J connectivity index is 1.39. The van der Waals surface area contributed by atoms with E-state index in [1.165, 1.54) is 0 Å². The molecule has 0 aliphatic heterocycles. The number of likely N-dealkylation sites (N-methyl/N-ethyl adjacent to an activating group) is 1. The highest BCUT2D eigenvalue weighted by Crippen LogP contribution is 2.28. The lowest BCUT2D eigenvalue weighted by Crippen LogP contribution is -2.35. The number of thiazole rings is 1. The number of hydrogen-bond donors (Lipinski definition) is 2. The van der Waals surface area contributed by atoms with Crippen LogP contribution in [0.3, 0.4) is 0 Å². The first-order chi connectivity index (χ1) is 15.0. The molecule has 6 nitrogen and oxygen atoms in total. The summed E-state index contributed by atoms with van der Waals surface area (Å²) in [5.74, 6) is -0.282. The molecular weight excluding hydrogens is 408 g/mol. The second-order valence-electron chi connectivity index (χ2n) is 8.16. The second kappa shape index (κ2) is 9.58. The van der Waals surface area contributed by atoms with E-state index in [1.54, 1.807) is 23.5 Å². The third-order valence-corrected chi connectivity index (χ3v) is 7.06. The lowest BCUT2D eigenvalue weighted by molar-refractivity contribution is -0.117. The molecule has 1 saturated carbocycles. The fraction of sp³-hybridized carbons (Fsp3) is 0.375. The van der Waals surface area contributed by atoms with E-state index in [4.69, 9.17) is 4.98 Å². The Labute approximate surface area is 186 Å². The molecule has 1 aromatic heterocycles. The average molecular weight is 437 g/mol. The van der Waals surface area contributed by atoms with Gasteiger partial charge in [0.25, 0.3) is 5.91 Å². The summed E-state index contributed by atoms with van der Waals surface area (Å²) in [6.07, 6.45) is 4.36. The van der Waals surface area contributed by atoms with Gasteiger partial charge in [-0.15, -0.1) is 11.3 Å². The summed E-state index contributed by atoms with van der Waals surface area (Å²) in [5.41, 5.74) is 2.03. The number of nitrogens with zero attached hydrogens (tertiary/aromatic N) is 2. The molecular formula is C24H28N4O2S. The van der Waals surface area contributed by atoms with Crippen molar-refractivity contribution < 1.29 is 9.59 Å². The van der Waals surface area contributed by atoms with Gasteiger partial charge in [0.2, 0.25) is 5.91 Å². The van der Waals surface area contributed by atoms with E-state index in [-0.39, 0.29) is 30.4 Å². The average Bonchev–Trinajstić information content (AvgIpc) is 3.42. The highest BCUT2D eigenvalue weighted by Gasteiger charge is 2.22. The quantitative estimate of drug-likeness (QED) is 0.568. The van der Waals surface area contributed by atoms with Gasteiger partial charge in [0.15, 0.2) is 0 Å². The number of anilines is 1. The molecule has 2 N–H and O–H groups in total. The highest BCUT2D eigenvalue weighted by atomic mass is 32.1. The van der Waals surface area contributed by atoms with Crippen molar-refractivity contribution in [3.63, 3.8) is 0 Å². The number of carbonyl (C=O) groups is 2. The molecule has 7 heteroatoms. The number of benzene rings is 2. The number of fused-ring (bicyclic) bond motifs is 1. The number of hydrogen-bond acceptors (Lipinski definition) is 5. The summed E-state index contributed by atoms with van der Waals surface area (Å²) >= 11 is 1.65. The molecule has 1 aliphatic carbocycles. The van der Waals surface area contributed by atoms with Crippen LogP contribution in [0.5, 0.6) is 0 Å². The maximum absolute atomic E-state index is 12.7. The Kier molecular flexibility index (Phi) is 6.63. The largest absolute Gasteiger partial charge is 0.349 e. The van der Waals surface area contributed by atoms with E-state index in [0.717, 1.165) is 40.9 Å². The number of amides is 2. The molecule has 4 rings (SSSR count). The molecule has 31 heavy (non-hydrogen) atoms. The number of aromatic nitrogens is 1. The van der Waals surface area contributed by atoms with Gasteiger partial charge < -0.3 is 10.6 Å². The second-order valence-corrected chi connectivity index (χ2v) is 9.22. The van der Waals surface area contributed by atoms with Gasteiger partial charge in [-0.1, -0.05) is 37.1 Å². The number of para-hydroxylation sites is 2. The van der Waals surface area contributed by atoms with Crippen molar-refractivity contribution in [2.45, 2.75) is 44.7 Å². The molecule has 162 valence electrons. The van der Waals surface area contributed by atoms with Gasteiger partial charge in [0.1, 0.15) is 5.01 Å². The van der Waals surface area contributed by atoms with Crippen molar-refractivity contribution in [2.24, 2.45) is 0 Å². The smallest absolute Gasteiger partial charge is 0.253 e. The van der Waals surface area contributed by atoms with Crippen LogP contribution in [0, 0.1) is 0 Å². The fourth-order valence-electron chi connectivity index (χ4n) is 3.93. The van der Waals surface area contributed by atoms with Gasteiger partial charge in [-0.2, -0.15) is 0 Å². The summed E-state index contributed by atoms with van der Waals surface area (Å²) in [4.78, 5) is 32.1. The number of carbonyl (C=O) groups excluding carboxylic acids is 2. The molecule has 2 aromatic carbocycles. The maximum Gasteiger partial charge on any atom is 0.253 e. The standard InChI is InChI=1S/C24H28N4O2S/c1-16(24-27-20-13-7-8-14-21(20)31-24)28(2)15-22(29)26-19-12-6-5-11-18(19)23(30)25-17-9-3-4-10-17/h5-8,11-14,16-17H,3-4,9-10,15H2,1-2H3,(H,25,30)(H,26,29). The molecule has 1 heterocycles. The van der Waals surface area contributed by atoms with Crippen LogP contribution in [0.4, 0.5) is 5.69 Å². The Morgan fingerprint density at radius 3 is 2.61 bits per heavy atom. The molecule has 2 amide bonds. The van der Waals surface area contributed by atoms with E-state index in [9.17, 15) is 9.59 Å². The van der Waals surface area contributed by atoms with Gasteiger partial charge in [-0.3, -0.25) is 14.5 Å². The molecule has 0 bridgehead atoms. The van der Waals surface area contributed by atoms with Gasteiger partial charge in [-0.05, 0) is 51.1 Å². The third-order valence-electron chi connectivity index (χ3n) is 5.86. The Morgan fingerprint density at radius 1 is 1.13 bits per heavy atom. The summed E-state index contributed by atoms with van der Waals surface area (Å²) in [6, 6.07) is 15.5. The first kappa shape index (κ1) is 21.5. The van der Waals surface area contributed by atoms with Gasteiger partial charge in [-0.25, -0.2) is 4.98 Å². The van der Waals surface area contributed by atoms with E-state index in [2.05, 4.69) is 16.7 Å². The first-order valence-electron chi connectivity index (χ1n) is 10.8. The SMILES string of the molecule is CC(c1nc2ccccc2s1)N(C)CC(=O)Nc1ccccc1C(=O)NC1CCCC1. The first-order valence-corrected chi connectivity index (χ1v) is 11.6. The molecule has 0 saturated heterocycles. The lowest BCUT2D eigenvalue weighted by atomic mass is 10.1. The van der Waals surface area contributed by atoms with Gasteiger partial charge in [0.05, 0.1) is 34.1 Å². The topological polar surface area (TPSA) is 74.3 Å². The predicted octanol–water partition coefficient (Wildman–Crippen LogP) is 4.60. The van der Waals surface area contributed by atoms with Crippen LogP contribution in [0.15, 0.2) is 48.5 Å². The van der Waals surface area contributed by atoms with E-state index in [0.29, 0.717) is 11.3 Å². The van der Waals surface area contributed by atoms with Crippen LogP contribution in [0.2, 0.25) is 0 Å². The van der Waals surface area contributed by atoms with Crippen LogP contribution in [-0.4, -0.2) is 41.3 Å². The monoisotopic (exact) mass is 436 g/mol. The van der Waals surface area contributed by atoms with Crippen LogP contribution in [0.25, 0.3) is 10.2 Å². The van der Waals surface area contributed by atoms with E-state index in [1.807, 2.05) is 49.2 Å². The van der Waals surface area contributed by atoms with Crippen LogP contribution < -0.4 is 10.6 Å². The minimum atomic E-state index is -0.156. The molecule has 0 spiro atoms. The van der Waals surface area contributed by atoms with Crippen LogP contribution in [0.1, 0.15) is 54.0 Å². The summed E-state index contributed by atoms with van der Waals surface area (Å²) in [7, 11) is 1.91. The van der Waals surface area contributed by atoms with Crippen molar-refractivity contribution in [2.75, 3.05) is 18.9 Å². The molecule has 0 radical (unpaired) electrons. The minimum absolute atomic E-state index is 0.00376. The highest BCUT2D eigenvalue weighted by molar-refractivity contribution is 7.18. The molecule has 1 atom stereocenters. The summed E-state index contributed by atoms with van der Waals surface area (Å²) in [6.45, 7) is 2.25. The predicted molar refractivity (Wildman–Crippen MR) is 125 cm³/mol. The van der Waals surface area contributed by atoms with Crippen molar-refractivity contribution in [3.8, 4) is 0 Å². The maximum atomic E-state index is 12.7. The third kappa shape index (κ3) is 5.11. The zero-order chi connectivity index (χ0) is 21.8. The van der Waals surface area contributed by atoms with Crippen LogP contribution >= 0.6 is 11.3 Å². The van der Waals surface area contributed by atoms with Crippen molar-refractivity contribution in [1.82, 2.24) is 15.2 Å². The van der Waals surface area contributed by atoms with Crippen molar-refractivity contribution >= 4 is 39.1 Å². The summed E-state index contributed by atoms with van der Waals surface area (Å²) < 4.78 is 1.14. The lowest BCUT2D eigenvalue weighted by Gasteiger charge is -2.22. The van der Waals surface area contributed by atoms with E-state index >= 15 is 0 Å². The molecule has 1 fully saturated rings. The Bertz CT molecular complexity index is 1040. The normalized spacial score (nSPS) is 15.3. The number of rotatable bonds is 7. The molecule has 1 unspecified atom stereocenters. The van der Waals surface area contributed by atoms with Crippen LogP contribution in [-0.2, 0) is 4.79 Å². The van der Waals surface area contributed by atoms with Gasteiger partial charge >= 0.3 is 0 Å². The van der Waals surface area contributed by atoms with Crippen molar-refractivity contribution in [1.29, 1.82) is 0 Å². The number of nitrogens with one attached hydrogen (secondary N) is 2. The summed E-state index contributed by atoms with van der Waals surface area (Å²) in [5, 5.41) is 7.00.